The quantitative estimate of drug-likeness (QED) is 0.219. The van der Waals surface area contributed by atoms with Gasteiger partial charge in [-0.1, -0.05) is 109 Å². The Morgan fingerprint density at radius 3 is 1.73 bits per heavy atom. The summed E-state index contributed by atoms with van der Waals surface area (Å²) in [5, 5.41) is 14.0. The van der Waals surface area contributed by atoms with Crippen molar-refractivity contribution in [3.8, 4) is 0 Å². The van der Waals surface area contributed by atoms with Gasteiger partial charge in [0.15, 0.2) is 0 Å². The maximum atomic E-state index is 6.45. The minimum absolute atomic E-state index is 0.0129. The van der Waals surface area contributed by atoms with Crippen LogP contribution in [0.2, 0.25) is 0 Å². The lowest BCUT2D eigenvalue weighted by Crippen LogP contribution is -2.18. The molecule has 1 unspecified atom stereocenters. The first kappa shape index (κ1) is 23.6. The molecule has 3 nitrogen and oxygen atoms in total. The van der Waals surface area contributed by atoms with Crippen molar-refractivity contribution >= 4 is 65.5 Å². The van der Waals surface area contributed by atoms with Gasteiger partial charge in [-0.05, 0) is 68.2 Å². The molecule has 0 aliphatic carbocycles. The molecule has 0 saturated carbocycles. The van der Waals surface area contributed by atoms with E-state index in [1.807, 2.05) is 18.2 Å². The number of nitrogens with zero attached hydrogens (tertiary/aromatic N) is 1. The van der Waals surface area contributed by atoms with Crippen molar-refractivity contribution in [2.45, 2.75) is 12.6 Å². The molecular formula is C38H29N3. The fourth-order valence-corrected chi connectivity index (χ4v) is 6.48. The van der Waals surface area contributed by atoms with Gasteiger partial charge in [-0.3, -0.25) is 0 Å². The summed E-state index contributed by atoms with van der Waals surface area (Å²) >= 11 is 0. The van der Waals surface area contributed by atoms with Crippen LogP contribution in [0.1, 0.15) is 11.6 Å². The van der Waals surface area contributed by atoms with Crippen molar-refractivity contribution in [2.75, 3.05) is 11.1 Å². The molecule has 7 aromatic carbocycles. The number of para-hydroxylation sites is 2. The van der Waals surface area contributed by atoms with Crippen LogP contribution in [-0.2, 0) is 6.54 Å². The molecule has 0 saturated heterocycles. The SMILES string of the molecule is Nc1ccccc1NC(Cn1c2ccc3ccccc3c2c2c3ccccc3ccc21)c1ccc2ccccc2c1. The van der Waals surface area contributed by atoms with Crippen molar-refractivity contribution in [3.63, 3.8) is 0 Å². The van der Waals surface area contributed by atoms with Gasteiger partial charge >= 0.3 is 0 Å². The van der Waals surface area contributed by atoms with Crippen molar-refractivity contribution in [3.05, 3.63) is 145 Å². The lowest BCUT2D eigenvalue weighted by Gasteiger charge is -2.24. The molecule has 3 heteroatoms. The van der Waals surface area contributed by atoms with E-state index in [2.05, 4.69) is 131 Å². The van der Waals surface area contributed by atoms with E-state index in [0.29, 0.717) is 0 Å². The average Bonchev–Trinajstić information content (AvgIpc) is 3.35. The Morgan fingerprint density at radius 2 is 1.07 bits per heavy atom. The topological polar surface area (TPSA) is 43.0 Å². The van der Waals surface area contributed by atoms with Gasteiger partial charge < -0.3 is 15.6 Å². The number of rotatable bonds is 5. The summed E-state index contributed by atoms with van der Waals surface area (Å²) in [4.78, 5) is 0. The number of anilines is 2. The van der Waals surface area contributed by atoms with E-state index >= 15 is 0 Å². The zero-order chi connectivity index (χ0) is 27.3. The van der Waals surface area contributed by atoms with Crippen molar-refractivity contribution < 1.29 is 0 Å². The maximum Gasteiger partial charge on any atom is 0.0694 e. The Morgan fingerprint density at radius 1 is 0.537 bits per heavy atom. The zero-order valence-electron chi connectivity index (χ0n) is 22.6. The summed E-state index contributed by atoms with van der Waals surface area (Å²) in [7, 11) is 0. The number of nitrogens with one attached hydrogen (secondary N) is 1. The molecule has 0 amide bonds. The summed E-state index contributed by atoms with van der Waals surface area (Å²) in [5.41, 5.74) is 11.8. The number of aromatic nitrogens is 1. The van der Waals surface area contributed by atoms with Crippen molar-refractivity contribution in [2.24, 2.45) is 0 Å². The van der Waals surface area contributed by atoms with Gasteiger partial charge in [0.25, 0.3) is 0 Å². The summed E-state index contributed by atoms with van der Waals surface area (Å²) in [6.45, 7) is 0.739. The largest absolute Gasteiger partial charge is 0.397 e. The van der Waals surface area contributed by atoms with E-state index < -0.39 is 0 Å². The summed E-state index contributed by atoms with van der Waals surface area (Å²) in [5.74, 6) is 0. The van der Waals surface area contributed by atoms with Crippen molar-refractivity contribution in [1.82, 2.24) is 4.57 Å². The highest BCUT2D eigenvalue weighted by Gasteiger charge is 2.20. The van der Waals surface area contributed by atoms with Gasteiger partial charge in [-0.25, -0.2) is 0 Å². The predicted octanol–water partition coefficient (Wildman–Crippen LogP) is 9.69. The van der Waals surface area contributed by atoms with Gasteiger partial charge in [0.1, 0.15) is 0 Å². The molecule has 41 heavy (non-hydrogen) atoms. The maximum absolute atomic E-state index is 6.45. The van der Waals surface area contributed by atoms with Crippen LogP contribution >= 0.6 is 0 Å². The van der Waals surface area contributed by atoms with Gasteiger partial charge in [0.05, 0.1) is 17.4 Å². The lowest BCUT2D eigenvalue weighted by molar-refractivity contribution is 0.640. The number of fused-ring (bicyclic) bond motifs is 8. The lowest BCUT2D eigenvalue weighted by atomic mass is 10.00. The number of nitrogens with two attached hydrogens (primary N) is 1. The number of nitrogen functional groups attached to an aromatic ring is 1. The van der Waals surface area contributed by atoms with E-state index in [0.717, 1.165) is 17.9 Å². The Bertz CT molecular complexity index is 2150. The fraction of sp³-hybridized carbons (Fsp3) is 0.0526. The molecular weight excluding hydrogens is 498 g/mol. The van der Waals surface area contributed by atoms with E-state index in [1.165, 1.54) is 59.7 Å². The summed E-state index contributed by atoms with van der Waals surface area (Å²) in [6, 6.07) is 49.9. The Hall–Kier alpha value is -5.28. The predicted molar refractivity (Wildman–Crippen MR) is 176 cm³/mol. The first-order valence-electron chi connectivity index (χ1n) is 14.2. The third kappa shape index (κ3) is 3.89. The molecule has 8 aromatic rings. The molecule has 0 fully saturated rings. The number of hydrogen-bond donors (Lipinski definition) is 2. The molecule has 3 N–H and O–H groups in total. The second-order valence-electron chi connectivity index (χ2n) is 10.9. The Labute approximate surface area is 238 Å². The zero-order valence-corrected chi connectivity index (χ0v) is 22.6. The van der Waals surface area contributed by atoms with Crippen LogP contribution in [0.4, 0.5) is 11.4 Å². The van der Waals surface area contributed by atoms with Crippen LogP contribution in [0.15, 0.2) is 140 Å². The molecule has 0 radical (unpaired) electrons. The normalized spacial score (nSPS) is 12.5. The molecule has 196 valence electrons. The average molecular weight is 528 g/mol. The van der Waals surface area contributed by atoms with Gasteiger partial charge in [-0.2, -0.15) is 0 Å². The van der Waals surface area contributed by atoms with E-state index in [1.54, 1.807) is 0 Å². The summed E-state index contributed by atoms with van der Waals surface area (Å²) in [6.07, 6.45) is 0. The molecule has 0 bridgehead atoms. The van der Waals surface area contributed by atoms with Crippen LogP contribution in [0.3, 0.4) is 0 Å². The van der Waals surface area contributed by atoms with Crippen LogP contribution in [0.5, 0.6) is 0 Å². The van der Waals surface area contributed by atoms with Gasteiger partial charge in [-0.15, -0.1) is 0 Å². The fourth-order valence-electron chi connectivity index (χ4n) is 6.48. The molecule has 0 spiro atoms. The minimum Gasteiger partial charge on any atom is -0.397 e. The highest BCUT2D eigenvalue weighted by molar-refractivity contribution is 6.28. The molecule has 0 aliphatic heterocycles. The van der Waals surface area contributed by atoms with Crippen LogP contribution < -0.4 is 11.1 Å². The van der Waals surface area contributed by atoms with Crippen LogP contribution in [0, 0.1) is 0 Å². The number of benzene rings is 7. The summed E-state index contributed by atoms with van der Waals surface area (Å²) < 4.78 is 2.50. The third-order valence-corrected chi connectivity index (χ3v) is 8.48. The first-order chi connectivity index (χ1) is 20.2. The van der Waals surface area contributed by atoms with Crippen molar-refractivity contribution in [1.29, 1.82) is 0 Å². The van der Waals surface area contributed by atoms with E-state index in [9.17, 15) is 0 Å². The molecule has 1 aromatic heterocycles. The van der Waals surface area contributed by atoms with Crippen LogP contribution in [0.25, 0.3) is 54.1 Å². The Kier molecular flexibility index (Phi) is 5.42. The second kappa shape index (κ2) is 9.42. The Balaban J connectivity index is 1.39. The second-order valence-corrected chi connectivity index (χ2v) is 10.9. The molecule has 0 aliphatic rings. The van der Waals surface area contributed by atoms with Gasteiger partial charge in [0, 0.05) is 28.4 Å². The highest BCUT2D eigenvalue weighted by Crippen LogP contribution is 2.40. The monoisotopic (exact) mass is 527 g/mol. The third-order valence-electron chi connectivity index (χ3n) is 8.48. The number of hydrogen-bond acceptors (Lipinski definition) is 2. The molecule has 1 atom stereocenters. The smallest absolute Gasteiger partial charge is 0.0694 e. The standard InChI is InChI=1S/C38H29N3/c39-32-15-7-8-16-33(32)40-34(29-18-17-25-9-1-2-12-28(25)23-29)24-41-35-21-19-26-10-3-5-13-30(26)37(35)38-31-14-6-4-11-27(31)20-22-36(38)41/h1-23,34,40H,24,39H2. The van der Waals surface area contributed by atoms with E-state index in [-0.39, 0.29) is 6.04 Å². The molecule has 1 heterocycles. The minimum atomic E-state index is -0.0129. The molecule has 8 rings (SSSR count). The van der Waals surface area contributed by atoms with E-state index in [4.69, 9.17) is 5.73 Å². The first-order valence-corrected chi connectivity index (χ1v) is 14.2. The van der Waals surface area contributed by atoms with Crippen LogP contribution in [-0.4, -0.2) is 4.57 Å². The highest BCUT2D eigenvalue weighted by atomic mass is 15.0. The van der Waals surface area contributed by atoms with Gasteiger partial charge in [0.2, 0.25) is 0 Å².